The highest BCUT2D eigenvalue weighted by atomic mass is 16.5. The first-order chi connectivity index (χ1) is 7.77. The van der Waals surface area contributed by atoms with E-state index < -0.39 is 6.10 Å². The summed E-state index contributed by atoms with van der Waals surface area (Å²) in [6, 6.07) is 0. The molecule has 1 amide bonds. The summed E-state index contributed by atoms with van der Waals surface area (Å²) in [6.45, 7) is 1.88. The van der Waals surface area contributed by atoms with Gasteiger partial charge in [0.1, 0.15) is 6.10 Å². The minimum absolute atomic E-state index is 0.00449. The van der Waals surface area contributed by atoms with E-state index >= 15 is 0 Å². The Morgan fingerprint density at radius 1 is 1.50 bits per heavy atom. The molecule has 6 nitrogen and oxygen atoms in total. The summed E-state index contributed by atoms with van der Waals surface area (Å²) < 4.78 is 15.8. The molecule has 1 aliphatic rings. The van der Waals surface area contributed by atoms with Gasteiger partial charge >= 0.3 is 0 Å². The number of amides is 1. The van der Waals surface area contributed by atoms with Gasteiger partial charge in [0.2, 0.25) is 0 Å². The Morgan fingerprint density at radius 3 is 3.00 bits per heavy atom. The first-order valence-corrected chi connectivity index (χ1v) is 5.50. The molecule has 0 radical (unpaired) electrons. The van der Waals surface area contributed by atoms with Crippen LogP contribution in [0, 0.1) is 0 Å². The zero-order valence-corrected chi connectivity index (χ0v) is 9.61. The van der Waals surface area contributed by atoms with Crippen molar-refractivity contribution >= 4 is 5.91 Å². The number of hydrogen-bond acceptors (Lipinski definition) is 5. The van der Waals surface area contributed by atoms with E-state index in [0.717, 1.165) is 12.8 Å². The highest BCUT2D eigenvalue weighted by molar-refractivity contribution is 5.80. The molecule has 1 aliphatic heterocycles. The van der Waals surface area contributed by atoms with Crippen LogP contribution >= 0.6 is 0 Å². The second kappa shape index (κ2) is 7.56. The fraction of sp³-hybridized carbons (Fsp3) is 0.900. The number of ether oxygens (including phenoxy) is 3. The molecule has 0 saturated carbocycles. The van der Waals surface area contributed by atoms with Crippen molar-refractivity contribution in [2.24, 2.45) is 5.84 Å². The van der Waals surface area contributed by atoms with Crippen LogP contribution in [0.2, 0.25) is 0 Å². The molecule has 1 rings (SSSR count). The van der Waals surface area contributed by atoms with Crippen LogP contribution in [0.5, 0.6) is 0 Å². The predicted octanol–water partition coefficient (Wildman–Crippen LogP) is -0.423. The van der Waals surface area contributed by atoms with Gasteiger partial charge in [0, 0.05) is 20.3 Å². The van der Waals surface area contributed by atoms with Gasteiger partial charge in [0.15, 0.2) is 0 Å². The minimum atomic E-state index is -0.419. The monoisotopic (exact) mass is 232 g/mol. The van der Waals surface area contributed by atoms with Crippen LogP contribution in [-0.4, -0.2) is 45.0 Å². The molecule has 0 spiro atoms. The highest BCUT2D eigenvalue weighted by Gasteiger charge is 2.30. The first-order valence-electron chi connectivity index (χ1n) is 5.50. The maximum absolute atomic E-state index is 11.2. The molecular formula is C10H20N2O4. The van der Waals surface area contributed by atoms with E-state index in [9.17, 15) is 4.79 Å². The van der Waals surface area contributed by atoms with E-state index in [0.29, 0.717) is 26.2 Å². The normalized spacial score (nSPS) is 24.6. The Balaban J connectivity index is 2.05. The number of nitrogens with one attached hydrogen (secondary N) is 1. The Labute approximate surface area is 95.4 Å². The number of rotatable bonds is 7. The molecular weight excluding hydrogens is 212 g/mol. The second-order valence-electron chi connectivity index (χ2n) is 3.75. The van der Waals surface area contributed by atoms with Crippen molar-refractivity contribution in [3.05, 3.63) is 0 Å². The molecule has 6 heteroatoms. The van der Waals surface area contributed by atoms with Crippen molar-refractivity contribution in [3.8, 4) is 0 Å². The maximum Gasteiger partial charge on any atom is 0.263 e. The van der Waals surface area contributed by atoms with Gasteiger partial charge in [-0.1, -0.05) is 0 Å². The zero-order chi connectivity index (χ0) is 11.8. The van der Waals surface area contributed by atoms with Crippen LogP contribution in [-0.2, 0) is 19.0 Å². The van der Waals surface area contributed by atoms with Crippen LogP contribution in [0.1, 0.15) is 19.3 Å². The molecule has 1 saturated heterocycles. The molecule has 0 bridgehead atoms. The molecule has 1 heterocycles. The average Bonchev–Trinajstić information content (AvgIpc) is 2.76. The molecule has 2 unspecified atom stereocenters. The minimum Gasteiger partial charge on any atom is -0.385 e. The van der Waals surface area contributed by atoms with Crippen molar-refractivity contribution in [1.29, 1.82) is 0 Å². The maximum atomic E-state index is 11.2. The number of carbonyl (C=O) groups is 1. The Morgan fingerprint density at radius 2 is 2.31 bits per heavy atom. The van der Waals surface area contributed by atoms with Crippen LogP contribution < -0.4 is 11.3 Å². The summed E-state index contributed by atoms with van der Waals surface area (Å²) in [4.78, 5) is 11.2. The molecule has 0 aromatic heterocycles. The van der Waals surface area contributed by atoms with E-state index in [1.807, 2.05) is 0 Å². The smallest absolute Gasteiger partial charge is 0.263 e. The van der Waals surface area contributed by atoms with Crippen molar-refractivity contribution in [2.45, 2.75) is 31.5 Å². The van der Waals surface area contributed by atoms with Gasteiger partial charge < -0.3 is 14.2 Å². The Bertz CT molecular complexity index is 213. The van der Waals surface area contributed by atoms with E-state index in [2.05, 4.69) is 5.43 Å². The number of carbonyl (C=O) groups excluding carboxylic acids is 1. The summed E-state index contributed by atoms with van der Waals surface area (Å²) in [5.74, 6) is 4.77. The second-order valence-corrected chi connectivity index (χ2v) is 3.75. The zero-order valence-electron chi connectivity index (χ0n) is 9.61. The third-order valence-electron chi connectivity index (χ3n) is 2.48. The lowest BCUT2D eigenvalue weighted by Crippen LogP contribution is -2.39. The van der Waals surface area contributed by atoms with Gasteiger partial charge in [-0.2, -0.15) is 0 Å². The lowest BCUT2D eigenvalue weighted by Gasteiger charge is -2.12. The molecule has 1 fully saturated rings. The van der Waals surface area contributed by atoms with Crippen LogP contribution in [0.25, 0.3) is 0 Å². The van der Waals surface area contributed by atoms with Crippen molar-refractivity contribution < 1.29 is 19.0 Å². The third-order valence-corrected chi connectivity index (χ3v) is 2.48. The molecule has 0 aromatic carbocycles. The third kappa shape index (κ3) is 4.44. The Kier molecular flexibility index (Phi) is 6.32. The lowest BCUT2D eigenvalue weighted by atomic mass is 10.2. The first kappa shape index (κ1) is 13.4. The Hall–Kier alpha value is -0.690. The summed E-state index contributed by atoms with van der Waals surface area (Å²) in [7, 11) is 1.66. The average molecular weight is 232 g/mol. The topological polar surface area (TPSA) is 82.8 Å². The van der Waals surface area contributed by atoms with Crippen LogP contribution in [0.3, 0.4) is 0 Å². The van der Waals surface area contributed by atoms with Crippen LogP contribution in [0.4, 0.5) is 0 Å². The largest absolute Gasteiger partial charge is 0.385 e. The molecule has 16 heavy (non-hydrogen) atoms. The van der Waals surface area contributed by atoms with E-state index in [1.54, 1.807) is 7.11 Å². The van der Waals surface area contributed by atoms with Gasteiger partial charge in [0.25, 0.3) is 5.91 Å². The fourth-order valence-corrected chi connectivity index (χ4v) is 1.63. The van der Waals surface area contributed by atoms with Gasteiger partial charge in [-0.3, -0.25) is 10.2 Å². The number of hydrazine groups is 1. The van der Waals surface area contributed by atoms with Crippen molar-refractivity contribution in [2.75, 3.05) is 26.9 Å². The molecule has 94 valence electrons. The quantitative estimate of drug-likeness (QED) is 0.269. The van der Waals surface area contributed by atoms with Gasteiger partial charge in [-0.05, 0) is 19.3 Å². The molecule has 3 N–H and O–H groups in total. The number of methoxy groups -OCH3 is 1. The van der Waals surface area contributed by atoms with Crippen molar-refractivity contribution in [3.63, 3.8) is 0 Å². The summed E-state index contributed by atoms with van der Waals surface area (Å²) in [5.41, 5.74) is 2.09. The van der Waals surface area contributed by atoms with Gasteiger partial charge in [-0.25, -0.2) is 5.84 Å². The van der Waals surface area contributed by atoms with E-state index in [-0.39, 0.29) is 12.0 Å². The summed E-state index contributed by atoms with van der Waals surface area (Å²) in [5, 5.41) is 0. The lowest BCUT2D eigenvalue weighted by molar-refractivity contribution is -0.133. The van der Waals surface area contributed by atoms with E-state index in [1.165, 1.54) is 0 Å². The van der Waals surface area contributed by atoms with Gasteiger partial charge in [0.05, 0.1) is 12.7 Å². The van der Waals surface area contributed by atoms with Gasteiger partial charge in [-0.15, -0.1) is 0 Å². The van der Waals surface area contributed by atoms with Crippen LogP contribution in [0.15, 0.2) is 0 Å². The highest BCUT2D eigenvalue weighted by Crippen LogP contribution is 2.19. The summed E-state index contributed by atoms with van der Waals surface area (Å²) in [6.07, 6.45) is 2.00. The number of hydrogen-bond donors (Lipinski definition) is 2. The van der Waals surface area contributed by atoms with E-state index in [4.69, 9.17) is 20.1 Å². The molecule has 2 atom stereocenters. The number of nitrogens with two attached hydrogens (primary N) is 1. The SMILES string of the molecule is COCCCOCC1CCC(C(=O)NN)O1. The predicted molar refractivity (Wildman–Crippen MR) is 57.5 cm³/mol. The standard InChI is InChI=1S/C10H20N2O4/c1-14-5-2-6-15-7-8-3-4-9(16-8)10(13)12-11/h8-9H,2-7,11H2,1H3,(H,12,13). The molecule has 0 aromatic rings. The fourth-order valence-electron chi connectivity index (χ4n) is 1.63. The summed E-state index contributed by atoms with van der Waals surface area (Å²) >= 11 is 0. The van der Waals surface area contributed by atoms with Crippen molar-refractivity contribution in [1.82, 2.24) is 5.43 Å². The molecule has 0 aliphatic carbocycles.